The highest BCUT2D eigenvalue weighted by Crippen LogP contribution is 2.45. The Bertz CT molecular complexity index is 685. The first-order chi connectivity index (χ1) is 10.6. The molecule has 23 heavy (non-hydrogen) atoms. The van der Waals surface area contributed by atoms with E-state index in [1.807, 2.05) is 0 Å². The minimum atomic E-state index is -3.63. The molecule has 0 amide bonds. The van der Waals surface area contributed by atoms with Crippen LogP contribution in [0.1, 0.15) is 33.1 Å². The summed E-state index contributed by atoms with van der Waals surface area (Å²) in [6, 6.07) is 4.76. The molecule has 7 heteroatoms. The Kier molecular flexibility index (Phi) is 4.03. The van der Waals surface area contributed by atoms with E-state index >= 15 is 0 Å². The van der Waals surface area contributed by atoms with Crippen molar-refractivity contribution in [2.75, 3.05) is 5.75 Å². The zero-order valence-corrected chi connectivity index (χ0v) is 14.0. The van der Waals surface area contributed by atoms with Gasteiger partial charge >= 0.3 is 0 Å². The van der Waals surface area contributed by atoms with Crippen molar-refractivity contribution in [3.05, 3.63) is 30.1 Å². The van der Waals surface area contributed by atoms with Crippen LogP contribution >= 0.6 is 0 Å². The van der Waals surface area contributed by atoms with Crippen LogP contribution in [0.2, 0.25) is 0 Å². The molecule has 0 unspecified atom stereocenters. The van der Waals surface area contributed by atoms with Gasteiger partial charge in [-0.25, -0.2) is 22.6 Å². The van der Waals surface area contributed by atoms with Crippen molar-refractivity contribution in [2.24, 2.45) is 5.92 Å². The predicted molar refractivity (Wildman–Crippen MR) is 80.8 cm³/mol. The second-order valence-corrected chi connectivity index (χ2v) is 9.01. The molecule has 0 aromatic heterocycles. The van der Waals surface area contributed by atoms with Gasteiger partial charge in [-0.2, -0.15) is 0 Å². The van der Waals surface area contributed by atoms with Crippen LogP contribution in [0.15, 0.2) is 29.2 Å². The summed E-state index contributed by atoms with van der Waals surface area (Å²) in [4.78, 5) is 10.8. The summed E-state index contributed by atoms with van der Waals surface area (Å²) in [5.74, 6) is -0.744. The fourth-order valence-electron chi connectivity index (χ4n) is 3.44. The molecule has 1 aliphatic carbocycles. The Morgan fingerprint density at radius 1 is 1.30 bits per heavy atom. The number of rotatable bonds is 3. The lowest BCUT2D eigenvalue weighted by Crippen LogP contribution is -2.58. The second-order valence-electron chi connectivity index (χ2n) is 7.02. The summed E-state index contributed by atoms with van der Waals surface area (Å²) in [7, 11) is -3.63. The number of fused-ring (bicyclic) bond motifs is 2. The van der Waals surface area contributed by atoms with Crippen molar-refractivity contribution in [3.63, 3.8) is 0 Å². The topological polar surface area (TPSA) is 72.8 Å². The van der Waals surface area contributed by atoms with Crippen LogP contribution in [0.25, 0.3) is 0 Å². The van der Waals surface area contributed by atoms with Gasteiger partial charge in [0.1, 0.15) is 17.5 Å². The standard InChI is InChI=1S/C16H21FO5S/c1-15(18)8-7-11-9-14(15)21-22-16(11,2)10-23(19,20)13-5-3-12(17)4-6-13/h3-6,11,14,18H,7-10H2,1-2H3/t11-,14-,15-,16-/m1/s1. The number of halogens is 1. The molecule has 1 saturated heterocycles. The van der Waals surface area contributed by atoms with Crippen molar-refractivity contribution >= 4 is 9.84 Å². The maximum atomic E-state index is 13.0. The fraction of sp³-hybridized carbons (Fsp3) is 0.625. The number of aliphatic hydroxyl groups is 1. The average Bonchev–Trinajstić information content (AvgIpc) is 2.45. The van der Waals surface area contributed by atoms with E-state index < -0.39 is 33.0 Å². The molecule has 3 rings (SSSR count). The lowest BCUT2D eigenvalue weighted by atomic mass is 9.71. The van der Waals surface area contributed by atoms with Crippen LogP contribution < -0.4 is 0 Å². The van der Waals surface area contributed by atoms with E-state index in [0.29, 0.717) is 19.3 Å². The maximum absolute atomic E-state index is 13.0. The van der Waals surface area contributed by atoms with Crippen molar-refractivity contribution in [3.8, 4) is 0 Å². The lowest BCUT2D eigenvalue weighted by Gasteiger charge is -2.50. The van der Waals surface area contributed by atoms with Crippen molar-refractivity contribution in [1.82, 2.24) is 0 Å². The molecule has 1 N–H and O–H groups in total. The normalized spacial score (nSPS) is 37.6. The van der Waals surface area contributed by atoms with Gasteiger partial charge in [0.15, 0.2) is 9.84 Å². The van der Waals surface area contributed by atoms with E-state index in [0.717, 1.165) is 12.1 Å². The van der Waals surface area contributed by atoms with E-state index in [2.05, 4.69) is 0 Å². The Morgan fingerprint density at radius 3 is 2.61 bits per heavy atom. The summed E-state index contributed by atoms with van der Waals surface area (Å²) >= 11 is 0. The molecule has 5 nitrogen and oxygen atoms in total. The van der Waals surface area contributed by atoms with Crippen LogP contribution in [0.3, 0.4) is 0 Å². The van der Waals surface area contributed by atoms with Gasteiger partial charge < -0.3 is 5.11 Å². The Balaban J connectivity index is 1.81. The van der Waals surface area contributed by atoms with E-state index in [9.17, 15) is 17.9 Å². The summed E-state index contributed by atoms with van der Waals surface area (Å²) in [5, 5.41) is 10.2. The molecule has 4 atom stereocenters. The molecule has 1 aliphatic heterocycles. The van der Waals surface area contributed by atoms with Gasteiger partial charge in [0.05, 0.1) is 16.2 Å². The van der Waals surface area contributed by atoms with Crippen LogP contribution in [0.4, 0.5) is 4.39 Å². The molecule has 2 fully saturated rings. The van der Waals surface area contributed by atoms with Gasteiger partial charge in [-0.15, -0.1) is 0 Å². The zero-order chi connectivity index (χ0) is 16.9. The molecular formula is C16H21FO5S. The molecule has 1 saturated carbocycles. The largest absolute Gasteiger partial charge is 0.387 e. The molecular weight excluding hydrogens is 323 g/mol. The monoisotopic (exact) mass is 344 g/mol. The van der Waals surface area contributed by atoms with Gasteiger partial charge in [-0.3, -0.25) is 0 Å². The van der Waals surface area contributed by atoms with E-state index in [-0.39, 0.29) is 16.6 Å². The minimum absolute atomic E-state index is 0.0169. The minimum Gasteiger partial charge on any atom is -0.387 e. The van der Waals surface area contributed by atoms with E-state index in [1.165, 1.54) is 12.1 Å². The smallest absolute Gasteiger partial charge is 0.181 e. The average molecular weight is 344 g/mol. The predicted octanol–water partition coefficient (Wildman–Crippen LogP) is 2.24. The van der Waals surface area contributed by atoms with Crippen LogP contribution in [-0.2, 0) is 19.6 Å². The number of hydrogen-bond acceptors (Lipinski definition) is 5. The molecule has 2 bridgehead atoms. The molecule has 1 aromatic rings. The first-order valence-electron chi connectivity index (χ1n) is 7.68. The van der Waals surface area contributed by atoms with Gasteiger partial charge in [0, 0.05) is 0 Å². The van der Waals surface area contributed by atoms with Crippen molar-refractivity contribution in [2.45, 2.75) is 55.3 Å². The number of hydrogen-bond donors (Lipinski definition) is 1. The third kappa shape index (κ3) is 3.15. The van der Waals surface area contributed by atoms with Crippen LogP contribution in [0.5, 0.6) is 0 Å². The third-order valence-electron chi connectivity index (χ3n) is 5.06. The summed E-state index contributed by atoms with van der Waals surface area (Å²) in [6.45, 7) is 3.42. The lowest BCUT2D eigenvalue weighted by molar-refractivity contribution is -0.441. The second kappa shape index (κ2) is 5.51. The highest BCUT2D eigenvalue weighted by molar-refractivity contribution is 7.91. The van der Waals surface area contributed by atoms with E-state index in [1.54, 1.807) is 13.8 Å². The number of sulfone groups is 1. The highest BCUT2D eigenvalue weighted by atomic mass is 32.2. The number of benzene rings is 1. The summed E-state index contributed by atoms with van der Waals surface area (Å²) in [5.41, 5.74) is -1.94. The van der Waals surface area contributed by atoms with Crippen molar-refractivity contribution in [1.29, 1.82) is 0 Å². The van der Waals surface area contributed by atoms with Gasteiger partial charge in [-0.1, -0.05) is 0 Å². The van der Waals surface area contributed by atoms with Gasteiger partial charge in [0.2, 0.25) is 0 Å². The van der Waals surface area contributed by atoms with Crippen LogP contribution in [0, 0.1) is 11.7 Å². The molecule has 0 radical (unpaired) electrons. The zero-order valence-electron chi connectivity index (χ0n) is 13.2. The Morgan fingerprint density at radius 2 is 1.96 bits per heavy atom. The third-order valence-corrected chi connectivity index (χ3v) is 7.00. The maximum Gasteiger partial charge on any atom is 0.181 e. The molecule has 2 aliphatic rings. The van der Waals surface area contributed by atoms with Gasteiger partial charge in [0.25, 0.3) is 0 Å². The Labute approximate surface area is 135 Å². The first kappa shape index (κ1) is 16.8. The SMILES string of the molecule is C[C@]1(CS(=O)(=O)c2ccc(F)cc2)OO[C@@H]2C[C@H]1CC[C@@]2(C)O. The van der Waals surface area contributed by atoms with E-state index in [4.69, 9.17) is 9.78 Å². The Hall–Kier alpha value is -1.02. The molecule has 1 aromatic carbocycles. The highest BCUT2D eigenvalue weighted by Gasteiger charge is 2.53. The molecule has 128 valence electrons. The quantitative estimate of drug-likeness (QED) is 0.672. The molecule has 0 spiro atoms. The first-order valence-corrected chi connectivity index (χ1v) is 9.33. The van der Waals surface area contributed by atoms with Gasteiger partial charge in [-0.05, 0) is 63.3 Å². The molecule has 1 heterocycles. The summed E-state index contributed by atoms with van der Waals surface area (Å²) in [6.07, 6.45) is 1.32. The fourth-order valence-corrected chi connectivity index (χ4v) is 5.19. The summed E-state index contributed by atoms with van der Waals surface area (Å²) < 4.78 is 38.2. The van der Waals surface area contributed by atoms with Crippen molar-refractivity contribution < 1.29 is 27.7 Å². The van der Waals surface area contributed by atoms with Crippen LogP contribution in [-0.4, -0.2) is 36.6 Å².